The molecule has 0 unspecified atom stereocenters. The monoisotopic (exact) mass is 277 g/mol. The van der Waals surface area contributed by atoms with Gasteiger partial charge in [0.25, 0.3) is 0 Å². The van der Waals surface area contributed by atoms with Crippen molar-refractivity contribution in [1.29, 1.82) is 0 Å². The van der Waals surface area contributed by atoms with E-state index in [1.54, 1.807) is 0 Å². The molecule has 1 aromatic heterocycles. The number of aromatic nitrogens is 2. The maximum absolute atomic E-state index is 11.7. The summed E-state index contributed by atoms with van der Waals surface area (Å²) in [5, 5.41) is 3.34. The normalized spacial score (nSPS) is 16.9. The Bertz CT molecular complexity index is 445. The van der Waals surface area contributed by atoms with Crippen LogP contribution in [0.25, 0.3) is 0 Å². The van der Waals surface area contributed by atoms with Crippen LogP contribution < -0.4 is 5.32 Å². The molecule has 0 saturated carbocycles. The first kappa shape index (κ1) is 14.9. The van der Waals surface area contributed by atoms with E-state index in [9.17, 15) is 4.79 Å². The van der Waals surface area contributed by atoms with Crippen LogP contribution in [-0.4, -0.2) is 29.0 Å². The van der Waals surface area contributed by atoms with Gasteiger partial charge in [-0.05, 0) is 58.2 Å². The van der Waals surface area contributed by atoms with E-state index in [1.807, 2.05) is 33.2 Å². The zero-order valence-electron chi connectivity index (χ0n) is 12.5. The van der Waals surface area contributed by atoms with Crippen LogP contribution >= 0.6 is 0 Å². The number of ether oxygens (including phenoxy) is 1. The Labute approximate surface area is 120 Å². The summed E-state index contributed by atoms with van der Waals surface area (Å²) in [6, 6.07) is 0. The van der Waals surface area contributed by atoms with Gasteiger partial charge in [-0.1, -0.05) is 0 Å². The van der Waals surface area contributed by atoms with Crippen molar-refractivity contribution >= 4 is 5.97 Å². The predicted octanol–water partition coefficient (Wildman–Crippen LogP) is 2.03. The molecule has 1 aromatic rings. The molecular weight excluding hydrogens is 254 g/mol. The van der Waals surface area contributed by atoms with E-state index in [0.29, 0.717) is 11.7 Å². The Morgan fingerprint density at radius 3 is 2.45 bits per heavy atom. The van der Waals surface area contributed by atoms with Gasteiger partial charge in [0.15, 0.2) is 12.4 Å². The summed E-state index contributed by atoms with van der Waals surface area (Å²) in [5.41, 5.74) is 0.687. The molecule has 0 atom stereocenters. The summed E-state index contributed by atoms with van der Waals surface area (Å²) >= 11 is 0. The maximum atomic E-state index is 11.7. The second-order valence-corrected chi connectivity index (χ2v) is 6.28. The number of hydrogen-bond acceptors (Lipinski definition) is 5. The minimum atomic E-state index is -0.491. The highest BCUT2D eigenvalue weighted by molar-refractivity contribution is 5.75. The second kappa shape index (κ2) is 6.31. The minimum absolute atomic E-state index is 0.141. The molecule has 20 heavy (non-hydrogen) atoms. The van der Waals surface area contributed by atoms with Gasteiger partial charge in [-0.3, -0.25) is 4.79 Å². The first-order chi connectivity index (χ1) is 9.47. The van der Waals surface area contributed by atoms with Crippen molar-refractivity contribution in [3.63, 3.8) is 0 Å². The summed E-state index contributed by atoms with van der Waals surface area (Å²) in [6.45, 7) is 7.73. The van der Waals surface area contributed by atoms with Crippen molar-refractivity contribution < 1.29 is 9.53 Å². The lowest BCUT2D eigenvalue weighted by molar-refractivity contribution is -0.154. The topological polar surface area (TPSA) is 64.1 Å². The summed E-state index contributed by atoms with van der Waals surface area (Å²) < 4.78 is 5.20. The van der Waals surface area contributed by atoms with Gasteiger partial charge in [0.2, 0.25) is 0 Å². The molecule has 0 spiro atoms. The number of carbonyl (C=O) groups is 1. The standard InChI is InChI=1S/C15H23N3O2/c1-15(2,3)14(19)20-10-13-17-8-12(9-18-13)11-4-6-16-7-5-11/h8-9,11,16H,4-7,10H2,1-3H3. The highest BCUT2D eigenvalue weighted by Gasteiger charge is 2.23. The van der Waals surface area contributed by atoms with E-state index >= 15 is 0 Å². The third-order valence-corrected chi connectivity index (χ3v) is 3.48. The molecule has 1 aliphatic heterocycles. The third kappa shape index (κ3) is 4.00. The van der Waals surface area contributed by atoms with Crippen LogP contribution in [0.3, 0.4) is 0 Å². The van der Waals surface area contributed by atoms with Gasteiger partial charge < -0.3 is 10.1 Å². The Balaban J connectivity index is 1.90. The van der Waals surface area contributed by atoms with Crippen molar-refractivity contribution in [3.8, 4) is 0 Å². The van der Waals surface area contributed by atoms with Crippen LogP contribution in [0.5, 0.6) is 0 Å². The fraction of sp³-hybridized carbons (Fsp3) is 0.667. The summed E-state index contributed by atoms with van der Waals surface area (Å²) in [4.78, 5) is 20.3. The zero-order chi connectivity index (χ0) is 14.6. The molecule has 2 rings (SSSR count). The quantitative estimate of drug-likeness (QED) is 0.856. The van der Waals surface area contributed by atoms with E-state index < -0.39 is 5.41 Å². The van der Waals surface area contributed by atoms with Crippen molar-refractivity contribution in [2.24, 2.45) is 5.41 Å². The number of nitrogens with zero attached hydrogens (tertiary/aromatic N) is 2. The molecule has 5 nitrogen and oxygen atoms in total. The third-order valence-electron chi connectivity index (χ3n) is 3.48. The molecule has 1 aliphatic rings. The lowest BCUT2D eigenvalue weighted by Gasteiger charge is -2.22. The van der Waals surface area contributed by atoms with E-state index in [2.05, 4.69) is 15.3 Å². The van der Waals surface area contributed by atoms with Gasteiger partial charge in [0.05, 0.1) is 5.41 Å². The molecule has 0 aliphatic carbocycles. The van der Waals surface area contributed by atoms with Crippen molar-refractivity contribution in [2.75, 3.05) is 13.1 Å². The molecule has 0 amide bonds. The highest BCUT2D eigenvalue weighted by Crippen LogP contribution is 2.23. The summed E-state index contributed by atoms with van der Waals surface area (Å²) in [6.07, 6.45) is 5.98. The lowest BCUT2D eigenvalue weighted by atomic mass is 9.92. The van der Waals surface area contributed by atoms with Gasteiger partial charge in [0.1, 0.15) is 0 Å². The van der Waals surface area contributed by atoms with Gasteiger partial charge in [-0.2, -0.15) is 0 Å². The van der Waals surface area contributed by atoms with E-state index in [-0.39, 0.29) is 12.6 Å². The average Bonchev–Trinajstić information content (AvgIpc) is 2.45. The van der Waals surface area contributed by atoms with Crippen LogP contribution in [0.1, 0.15) is 50.9 Å². The SMILES string of the molecule is CC(C)(C)C(=O)OCc1ncc(C2CCNCC2)cn1. The molecule has 0 bridgehead atoms. The number of hydrogen-bond donors (Lipinski definition) is 1. The number of esters is 1. The Hall–Kier alpha value is -1.49. The van der Waals surface area contributed by atoms with Gasteiger partial charge in [-0.15, -0.1) is 0 Å². The summed E-state index contributed by atoms with van der Waals surface area (Å²) in [7, 11) is 0. The van der Waals surface area contributed by atoms with Crippen molar-refractivity contribution in [2.45, 2.75) is 46.1 Å². The fourth-order valence-corrected chi connectivity index (χ4v) is 2.15. The second-order valence-electron chi connectivity index (χ2n) is 6.28. The van der Waals surface area contributed by atoms with Crippen LogP contribution in [0.15, 0.2) is 12.4 Å². The van der Waals surface area contributed by atoms with Crippen LogP contribution in [0, 0.1) is 5.41 Å². The number of piperidine rings is 1. The molecule has 5 heteroatoms. The molecule has 2 heterocycles. The molecule has 0 aromatic carbocycles. The lowest BCUT2D eigenvalue weighted by Crippen LogP contribution is -2.26. The maximum Gasteiger partial charge on any atom is 0.311 e. The van der Waals surface area contributed by atoms with E-state index in [0.717, 1.165) is 25.9 Å². The fourth-order valence-electron chi connectivity index (χ4n) is 2.15. The largest absolute Gasteiger partial charge is 0.457 e. The molecule has 0 radical (unpaired) electrons. The first-order valence-corrected chi connectivity index (χ1v) is 7.15. The van der Waals surface area contributed by atoms with Crippen molar-refractivity contribution in [1.82, 2.24) is 15.3 Å². The van der Waals surface area contributed by atoms with Crippen molar-refractivity contribution in [3.05, 3.63) is 23.8 Å². The molecule has 1 saturated heterocycles. The number of carbonyl (C=O) groups excluding carboxylic acids is 1. The Morgan fingerprint density at radius 2 is 1.90 bits per heavy atom. The Morgan fingerprint density at radius 1 is 1.30 bits per heavy atom. The van der Waals surface area contributed by atoms with Crippen LogP contribution in [0.4, 0.5) is 0 Å². The van der Waals surface area contributed by atoms with Gasteiger partial charge in [-0.25, -0.2) is 9.97 Å². The van der Waals surface area contributed by atoms with Crippen LogP contribution in [0.2, 0.25) is 0 Å². The predicted molar refractivity (Wildman–Crippen MR) is 76.1 cm³/mol. The van der Waals surface area contributed by atoms with Gasteiger partial charge in [0, 0.05) is 12.4 Å². The molecule has 110 valence electrons. The zero-order valence-corrected chi connectivity index (χ0v) is 12.5. The minimum Gasteiger partial charge on any atom is -0.457 e. The Kier molecular flexibility index (Phi) is 4.70. The number of rotatable bonds is 3. The van der Waals surface area contributed by atoms with Gasteiger partial charge >= 0.3 is 5.97 Å². The molecular formula is C15H23N3O2. The number of nitrogens with one attached hydrogen (secondary N) is 1. The van der Waals surface area contributed by atoms with E-state index in [1.165, 1.54) is 5.56 Å². The van der Waals surface area contributed by atoms with Crippen LogP contribution in [-0.2, 0) is 16.1 Å². The average molecular weight is 277 g/mol. The van der Waals surface area contributed by atoms with E-state index in [4.69, 9.17) is 4.74 Å². The smallest absolute Gasteiger partial charge is 0.311 e. The summed E-state index contributed by atoms with van der Waals surface area (Å²) in [5.74, 6) is 0.867. The highest BCUT2D eigenvalue weighted by atomic mass is 16.5. The molecule has 1 N–H and O–H groups in total. The first-order valence-electron chi connectivity index (χ1n) is 7.15. The molecule has 1 fully saturated rings.